The number of phosphoric ester groups is 1. The molecule has 2 aromatic heterocycles. The number of unbranched alkanes of at least 4 members (excludes halogenated alkanes) is 1. The van der Waals surface area contributed by atoms with Crippen molar-refractivity contribution < 1.29 is 47.6 Å². The fourth-order valence-corrected chi connectivity index (χ4v) is 6.53. The van der Waals surface area contributed by atoms with Gasteiger partial charge < -0.3 is 29.7 Å². The van der Waals surface area contributed by atoms with Crippen LogP contribution in [0.25, 0.3) is 21.9 Å². The standard InChI is InChI=1S/C36H45N6O10P/c1-3-4-8-29-40-34-35(41(29)22-25-10-12-28(23(2)20-25)52-53(47,48)49)26-11-9-24(21-27(26)39-36(34)37)7-5-18-50-19-6-17-38-30(43)13-16-33(46)51-42-31(44)14-15-32(42)45/h9-12,20-21H,3-8,13-19,22H2,1-2H3,(H2,37,39)(H,38,43)(H2,47,48,49). The zero-order chi connectivity index (χ0) is 38.1. The van der Waals surface area contributed by atoms with Gasteiger partial charge in [0, 0.05) is 57.4 Å². The van der Waals surface area contributed by atoms with Gasteiger partial charge in [0.15, 0.2) is 5.82 Å². The van der Waals surface area contributed by atoms with Crippen molar-refractivity contribution in [1.29, 1.82) is 0 Å². The van der Waals surface area contributed by atoms with E-state index in [1.165, 1.54) is 0 Å². The number of imidazole rings is 1. The Labute approximate surface area is 306 Å². The van der Waals surface area contributed by atoms with Gasteiger partial charge in [0.05, 0.1) is 17.5 Å². The highest BCUT2D eigenvalue weighted by atomic mass is 31.2. The fourth-order valence-electron chi connectivity index (χ4n) is 6.07. The second-order valence-corrected chi connectivity index (χ2v) is 14.1. The summed E-state index contributed by atoms with van der Waals surface area (Å²) in [5, 5.41) is 4.09. The third kappa shape index (κ3) is 10.6. The summed E-state index contributed by atoms with van der Waals surface area (Å²) in [6, 6.07) is 11.3. The molecule has 284 valence electrons. The number of hydroxylamine groups is 2. The average Bonchev–Trinajstić information content (AvgIpc) is 3.63. The van der Waals surface area contributed by atoms with Crippen LogP contribution in [0.1, 0.15) is 80.8 Å². The molecule has 1 aliphatic heterocycles. The van der Waals surface area contributed by atoms with Crippen molar-refractivity contribution in [3.8, 4) is 5.75 Å². The number of rotatable bonds is 19. The number of anilines is 1. The molecule has 3 amide bonds. The van der Waals surface area contributed by atoms with Crippen LogP contribution in [0.5, 0.6) is 5.75 Å². The van der Waals surface area contributed by atoms with Gasteiger partial charge in [-0.3, -0.25) is 24.2 Å². The summed E-state index contributed by atoms with van der Waals surface area (Å²) < 4.78 is 24.1. The number of nitrogens with two attached hydrogens (primary N) is 1. The zero-order valence-electron chi connectivity index (χ0n) is 29.8. The van der Waals surface area contributed by atoms with E-state index in [4.69, 9.17) is 29.8 Å². The summed E-state index contributed by atoms with van der Waals surface area (Å²) >= 11 is 0. The van der Waals surface area contributed by atoms with Crippen molar-refractivity contribution in [2.75, 3.05) is 25.5 Å². The van der Waals surface area contributed by atoms with Crippen LogP contribution < -0.4 is 15.6 Å². The number of hydrogen-bond donors (Lipinski definition) is 4. The molecule has 16 nitrogen and oxygen atoms in total. The summed E-state index contributed by atoms with van der Waals surface area (Å²) in [6.45, 7) is 5.66. The van der Waals surface area contributed by atoms with Crippen molar-refractivity contribution in [3.63, 3.8) is 0 Å². The number of amides is 3. The summed E-state index contributed by atoms with van der Waals surface area (Å²) in [4.78, 5) is 79.8. The number of nitrogens with one attached hydrogen (secondary N) is 1. The van der Waals surface area contributed by atoms with Gasteiger partial charge in [-0.05, 0) is 61.4 Å². The van der Waals surface area contributed by atoms with Gasteiger partial charge in [0.25, 0.3) is 11.8 Å². The minimum absolute atomic E-state index is 0.00783. The summed E-state index contributed by atoms with van der Waals surface area (Å²) in [7, 11) is -4.69. The fraction of sp³-hybridized carbons (Fsp3) is 0.444. The van der Waals surface area contributed by atoms with Gasteiger partial charge in [-0.1, -0.05) is 37.6 Å². The number of imide groups is 1. The van der Waals surface area contributed by atoms with Gasteiger partial charge >= 0.3 is 13.8 Å². The first-order valence-corrected chi connectivity index (χ1v) is 19.2. The van der Waals surface area contributed by atoms with Gasteiger partial charge in [-0.15, -0.1) is 5.06 Å². The van der Waals surface area contributed by atoms with Crippen LogP contribution in [0.15, 0.2) is 36.4 Å². The third-order valence-electron chi connectivity index (χ3n) is 8.70. The summed E-state index contributed by atoms with van der Waals surface area (Å²) in [6.07, 6.45) is 4.42. The van der Waals surface area contributed by atoms with E-state index in [1.807, 2.05) is 18.2 Å². The number of carbonyl (C=O) groups excluding carboxylic acids is 4. The molecular formula is C36H45N6O10P. The Morgan fingerprint density at radius 2 is 1.70 bits per heavy atom. The number of ether oxygens (including phenoxy) is 1. The molecule has 0 unspecified atom stereocenters. The van der Waals surface area contributed by atoms with Crippen LogP contribution >= 0.6 is 7.82 Å². The Morgan fingerprint density at radius 1 is 0.962 bits per heavy atom. The topological polar surface area (TPSA) is 225 Å². The van der Waals surface area contributed by atoms with Crippen molar-refractivity contribution in [3.05, 3.63) is 58.9 Å². The molecule has 0 radical (unpaired) electrons. The van der Waals surface area contributed by atoms with E-state index in [2.05, 4.69) is 22.9 Å². The Kier molecular flexibility index (Phi) is 13.2. The molecule has 5 rings (SSSR count). The number of benzene rings is 2. The van der Waals surface area contributed by atoms with Crippen molar-refractivity contribution >= 4 is 59.3 Å². The zero-order valence-corrected chi connectivity index (χ0v) is 30.7. The Morgan fingerprint density at radius 3 is 2.42 bits per heavy atom. The SMILES string of the molecule is CCCCc1nc2c(N)nc3cc(CCCOCCCNC(=O)CCC(=O)ON4C(=O)CCC4=O)ccc3c2n1Cc1ccc(OP(=O)(O)O)c(C)c1. The monoisotopic (exact) mass is 752 g/mol. The van der Waals surface area contributed by atoms with E-state index in [0.29, 0.717) is 54.7 Å². The highest BCUT2D eigenvalue weighted by Gasteiger charge is 2.32. The number of hydrogen-bond acceptors (Lipinski definition) is 11. The van der Waals surface area contributed by atoms with Crippen molar-refractivity contribution in [1.82, 2.24) is 24.9 Å². The lowest BCUT2D eigenvalue weighted by molar-refractivity contribution is -0.197. The molecule has 1 aliphatic rings. The largest absolute Gasteiger partial charge is 0.524 e. The van der Waals surface area contributed by atoms with Gasteiger partial charge in [0.2, 0.25) is 5.91 Å². The number of aryl methyl sites for hydroxylation is 3. The number of pyridine rings is 1. The Bertz CT molecular complexity index is 2030. The predicted octanol–water partition coefficient (Wildman–Crippen LogP) is 4.18. The first kappa shape index (κ1) is 39.3. The first-order valence-electron chi connectivity index (χ1n) is 17.7. The first-order chi connectivity index (χ1) is 25.3. The minimum Gasteiger partial charge on any atom is -0.404 e. The van der Waals surface area contributed by atoms with E-state index in [-0.39, 0.29) is 37.3 Å². The number of nitrogens with zero attached hydrogens (tertiary/aromatic N) is 4. The van der Waals surface area contributed by atoms with Crippen LogP contribution in [0.2, 0.25) is 0 Å². The highest BCUT2D eigenvalue weighted by Crippen LogP contribution is 2.39. The van der Waals surface area contributed by atoms with Crippen LogP contribution in [-0.2, 0) is 52.7 Å². The van der Waals surface area contributed by atoms with E-state index in [0.717, 1.165) is 65.5 Å². The number of phosphoric acid groups is 1. The maximum absolute atomic E-state index is 12.0. The smallest absolute Gasteiger partial charge is 0.404 e. The maximum Gasteiger partial charge on any atom is 0.524 e. The van der Waals surface area contributed by atoms with Crippen molar-refractivity contribution in [2.24, 2.45) is 0 Å². The van der Waals surface area contributed by atoms with Crippen LogP contribution in [0, 0.1) is 6.92 Å². The predicted molar refractivity (Wildman–Crippen MR) is 194 cm³/mol. The maximum atomic E-state index is 12.0. The van der Waals surface area contributed by atoms with E-state index in [1.54, 1.807) is 19.1 Å². The molecule has 0 saturated carbocycles. The molecule has 0 spiro atoms. The normalized spacial score (nSPS) is 13.3. The number of fused-ring (bicyclic) bond motifs is 3. The molecule has 4 aromatic rings. The lowest BCUT2D eigenvalue weighted by Gasteiger charge is -2.14. The molecule has 0 aliphatic carbocycles. The molecule has 1 saturated heterocycles. The molecule has 2 aromatic carbocycles. The van der Waals surface area contributed by atoms with Crippen LogP contribution in [0.4, 0.5) is 5.82 Å². The van der Waals surface area contributed by atoms with Crippen LogP contribution in [-0.4, -0.2) is 72.8 Å². The average molecular weight is 753 g/mol. The quantitative estimate of drug-likeness (QED) is 0.0600. The molecule has 1 fully saturated rings. The highest BCUT2D eigenvalue weighted by molar-refractivity contribution is 7.46. The number of aromatic nitrogens is 3. The number of carbonyl (C=O) groups is 4. The minimum atomic E-state index is -4.69. The molecule has 53 heavy (non-hydrogen) atoms. The molecule has 17 heteroatoms. The molecule has 3 heterocycles. The van der Waals surface area contributed by atoms with Gasteiger partial charge in [-0.2, -0.15) is 0 Å². The molecular weight excluding hydrogens is 707 g/mol. The third-order valence-corrected chi connectivity index (χ3v) is 9.13. The van der Waals surface area contributed by atoms with Gasteiger partial charge in [0.1, 0.15) is 17.1 Å². The summed E-state index contributed by atoms with van der Waals surface area (Å²) in [5.74, 6) is -0.946. The lowest BCUT2D eigenvalue weighted by Crippen LogP contribution is -2.32. The second-order valence-electron chi connectivity index (χ2n) is 12.9. The van der Waals surface area contributed by atoms with Gasteiger partial charge in [-0.25, -0.2) is 19.3 Å². The van der Waals surface area contributed by atoms with Crippen LogP contribution in [0.3, 0.4) is 0 Å². The Balaban J connectivity index is 1.13. The molecule has 0 atom stereocenters. The molecule has 0 bridgehead atoms. The second kappa shape index (κ2) is 17.8. The lowest BCUT2D eigenvalue weighted by atomic mass is 10.1. The number of nitrogen functional groups attached to an aromatic ring is 1. The van der Waals surface area contributed by atoms with E-state index < -0.39 is 25.6 Å². The van der Waals surface area contributed by atoms with E-state index >= 15 is 0 Å². The summed E-state index contributed by atoms with van der Waals surface area (Å²) in [5.41, 5.74) is 11.3. The Hall–Kier alpha value is -4.89. The van der Waals surface area contributed by atoms with Crippen molar-refractivity contribution in [2.45, 2.75) is 84.6 Å². The molecule has 5 N–H and O–H groups in total. The van der Waals surface area contributed by atoms with E-state index in [9.17, 15) is 33.5 Å².